The number of carbonyl (C=O) groups is 1. The van der Waals surface area contributed by atoms with Crippen molar-refractivity contribution in [2.24, 2.45) is 0 Å². The Labute approximate surface area is 168 Å². The van der Waals surface area contributed by atoms with E-state index in [1.165, 1.54) is 0 Å². The highest BCUT2D eigenvalue weighted by atomic mass is 16.2. The molecule has 0 saturated carbocycles. The van der Waals surface area contributed by atoms with Crippen LogP contribution in [-0.2, 0) is 17.8 Å². The second-order valence-corrected chi connectivity index (χ2v) is 8.20. The number of nitrogens with zero attached hydrogens (tertiary/aromatic N) is 5. The summed E-state index contributed by atoms with van der Waals surface area (Å²) in [6.07, 6.45) is 6.55. The molecule has 6 heteroatoms. The fourth-order valence-electron chi connectivity index (χ4n) is 3.79. The first-order valence-electron chi connectivity index (χ1n) is 10.1. The van der Waals surface area contributed by atoms with E-state index in [4.69, 9.17) is 0 Å². The summed E-state index contributed by atoms with van der Waals surface area (Å²) in [6.45, 7) is 3.55. The van der Waals surface area contributed by atoms with Gasteiger partial charge in [-0.1, -0.05) is 12.1 Å². The highest BCUT2D eigenvalue weighted by molar-refractivity contribution is 5.79. The summed E-state index contributed by atoms with van der Waals surface area (Å²) < 4.78 is 2.25. The van der Waals surface area contributed by atoms with Crippen LogP contribution in [0.25, 0.3) is 0 Å². The van der Waals surface area contributed by atoms with Crippen molar-refractivity contribution in [2.75, 3.05) is 52.7 Å². The average Bonchev–Trinajstić information content (AvgIpc) is 3.15. The van der Waals surface area contributed by atoms with E-state index in [0.29, 0.717) is 12.3 Å². The van der Waals surface area contributed by atoms with Crippen LogP contribution in [-0.4, -0.2) is 73.1 Å². The Morgan fingerprint density at radius 1 is 1.18 bits per heavy atom. The number of rotatable bonds is 7. The molecule has 152 valence electrons. The van der Waals surface area contributed by atoms with E-state index < -0.39 is 0 Å². The maximum atomic E-state index is 12.9. The smallest absolute Gasteiger partial charge is 0.227 e. The van der Waals surface area contributed by atoms with Crippen molar-refractivity contribution in [3.05, 3.63) is 48.0 Å². The van der Waals surface area contributed by atoms with Crippen LogP contribution in [0.4, 0.5) is 5.69 Å². The number of hydrogen-bond donors (Lipinski definition) is 0. The van der Waals surface area contributed by atoms with Crippen molar-refractivity contribution in [2.45, 2.75) is 31.7 Å². The Hall–Kier alpha value is -2.34. The molecule has 1 aliphatic rings. The molecular formula is C22H33N5O. The van der Waals surface area contributed by atoms with E-state index in [-0.39, 0.29) is 5.91 Å². The van der Waals surface area contributed by atoms with Gasteiger partial charge in [-0.15, -0.1) is 0 Å². The number of piperidine rings is 1. The van der Waals surface area contributed by atoms with Gasteiger partial charge < -0.3 is 19.3 Å². The highest BCUT2D eigenvalue weighted by Gasteiger charge is 2.27. The van der Waals surface area contributed by atoms with Crippen LogP contribution < -0.4 is 4.90 Å². The number of likely N-dealkylation sites (N-methyl/N-ethyl adjacent to an activating group) is 1. The van der Waals surface area contributed by atoms with Crippen LogP contribution >= 0.6 is 0 Å². The number of carbonyl (C=O) groups excluding carboxylic acids is 1. The van der Waals surface area contributed by atoms with Crippen LogP contribution in [0.5, 0.6) is 0 Å². The minimum absolute atomic E-state index is 0.216. The lowest BCUT2D eigenvalue weighted by molar-refractivity contribution is -0.131. The molecule has 2 heterocycles. The summed E-state index contributed by atoms with van der Waals surface area (Å²) >= 11 is 0. The van der Waals surface area contributed by atoms with Gasteiger partial charge in [0.15, 0.2) is 0 Å². The van der Waals surface area contributed by atoms with Crippen LogP contribution in [0.15, 0.2) is 36.7 Å². The van der Waals surface area contributed by atoms with Gasteiger partial charge in [-0.3, -0.25) is 4.79 Å². The molecule has 0 aliphatic carbocycles. The highest BCUT2D eigenvalue weighted by Crippen LogP contribution is 2.26. The number of aromatic nitrogens is 2. The minimum atomic E-state index is 0.216. The van der Waals surface area contributed by atoms with E-state index in [2.05, 4.69) is 63.9 Å². The molecule has 6 nitrogen and oxygen atoms in total. The Morgan fingerprint density at radius 2 is 1.93 bits per heavy atom. The lowest BCUT2D eigenvalue weighted by Crippen LogP contribution is -2.40. The quantitative estimate of drug-likeness (QED) is 0.737. The van der Waals surface area contributed by atoms with Crippen LogP contribution in [0.2, 0.25) is 0 Å². The summed E-state index contributed by atoms with van der Waals surface area (Å²) in [6, 6.07) is 8.26. The lowest BCUT2D eigenvalue weighted by Gasteiger charge is -2.33. The molecule has 1 amide bonds. The van der Waals surface area contributed by atoms with Crippen molar-refractivity contribution in [3.63, 3.8) is 0 Å². The van der Waals surface area contributed by atoms with Crippen LogP contribution in [0.1, 0.15) is 30.1 Å². The molecule has 0 bridgehead atoms. The van der Waals surface area contributed by atoms with Gasteiger partial charge in [-0.25, -0.2) is 4.98 Å². The molecule has 1 atom stereocenters. The summed E-state index contributed by atoms with van der Waals surface area (Å²) in [5.74, 6) is 1.66. The SMILES string of the molecule is CN(C)CCn1ccnc1[C@@H]1CCCN(C(=O)Cc2ccc(N(C)C)cc2)C1. The normalized spacial score (nSPS) is 17.2. The zero-order valence-electron chi connectivity index (χ0n) is 17.6. The maximum Gasteiger partial charge on any atom is 0.227 e. The number of benzene rings is 1. The van der Waals surface area contributed by atoms with E-state index in [1.54, 1.807) is 0 Å². The Bertz CT molecular complexity index is 765. The van der Waals surface area contributed by atoms with Gasteiger partial charge in [-0.2, -0.15) is 0 Å². The van der Waals surface area contributed by atoms with Crippen molar-refractivity contribution < 1.29 is 4.79 Å². The fourth-order valence-corrected chi connectivity index (χ4v) is 3.79. The van der Waals surface area contributed by atoms with Crippen molar-refractivity contribution in [1.82, 2.24) is 19.4 Å². The van der Waals surface area contributed by atoms with E-state index in [1.807, 2.05) is 25.2 Å². The molecule has 1 aromatic carbocycles. The van der Waals surface area contributed by atoms with Crippen LogP contribution in [0.3, 0.4) is 0 Å². The van der Waals surface area contributed by atoms with Crippen molar-refractivity contribution in [1.29, 1.82) is 0 Å². The Balaban J connectivity index is 1.61. The molecule has 28 heavy (non-hydrogen) atoms. The standard InChI is InChI=1S/C22H33N5O/c1-24(2)14-15-26-13-11-23-22(26)19-6-5-12-27(17-19)21(28)16-18-7-9-20(10-8-18)25(3)4/h7-11,13,19H,5-6,12,14-17H2,1-4H3/t19-/m1/s1. The average molecular weight is 384 g/mol. The van der Waals surface area contributed by atoms with Gasteiger partial charge in [0, 0.05) is 64.3 Å². The number of likely N-dealkylation sites (tertiary alicyclic amines) is 1. The third-order valence-electron chi connectivity index (χ3n) is 5.48. The van der Waals surface area contributed by atoms with Gasteiger partial charge in [0.1, 0.15) is 5.82 Å². The van der Waals surface area contributed by atoms with Gasteiger partial charge in [0.25, 0.3) is 0 Å². The third-order valence-corrected chi connectivity index (χ3v) is 5.48. The fraction of sp³-hybridized carbons (Fsp3) is 0.545. The number of amides is 1. The monoisotopic (exact) mass is 383 g/mol. The van der Waals surface area contributed by atoms with E-state index >= 15 is 0 Å². The summed E-state index contributed by atoms with van der Waals surface area (Å²) in [5.41, 5.74) is 2.23. The molecule has 3 rings (SSSR count). The minimum Gasteiger partial charge on any atom is -0.378 e. The Kier molecular flexibility index (Phi) is 6.73. The molecule has 2 aromatic rings. The molecule has 1 aromatic heterocycles. The molecule has 0 spiro atoms. The third kappa shape index (κ3) is 5.13. The summed E-state index contributed by atoms with van der Waals surface area (Å²) in [7, 11) is 8.22. The maximum absolute atomic E-state index is 12.9. The molecule has 1 fully saturated rings. The molecule has 0 N–H and O–H groups in total. The van der Waals surface area contributed by atoms with E-state index in [0.717, 1.165) is 56.1 Å². The first kappa shape index (κ1) is 20.4. The van der Waals surface area contributed by atoms with Gasteiger partial charge in [-0.05, 0) is 44.6 Å². The molecule has 0 radical (unpaired) electrons. The van der Waals surface area contributed by atoms with Gasteiger partial charge >= 0.3 is 0 Å². The molecule has 1 aliphatic heterocycles. The van der Waals surface area contributed by atoms with E-state index in [9.17, 15) is 4.79 Å². The molecule has 0 unspecified atom stereocenters. The largest absolute Gasteiger partial charge is 0.378 e. The molecule has 1 saturated heterocycles. The first-order chi connectivity index (χ1) is 13.4. The second kappa shape index (κ2) is 9.24. The van der Waals surface area contributed by atoms with Crippen molar-refractivity contribution in [3.8, 4) is 0 Å². The predicted octanol–water partition coefficient (Wildman–Crippen LogP) is 2.46. The topological polar surface area (TPSA) is 44.6 Å². The van der Waals surface area contributed by atoms with Gasteiger partial charge in [0.2, 0.25) is 5.91 Å². The second-order valence-electron chi connectivity index (χ2n) is 8.20. The van der Waals surface area contributed by atoms with Crippen molar-refractivity contribution >= 4 is 11.6 Å². The number of anilines is 1. The zero-order chi connectivity index (χ0) is 20.1. The lowest BCUT2D eigenvalue weighted by atomic mass is 9.96. The molecular weight excluding hydrogens is 350 g/mol. The zero-order valence-corrected chi connectivity index (χ0v) is 17.6. The number of imidazole rings is 1. The number of hydrogen-bond acceptors (Lipinski definition) is 4. The first-order valence-corrected chi connectivity index (χ1v) is 10.1. The van der Waals surface area contributed by atoms with Gasteiger partial charge in [0.05, 0.1) is 6.42 Å². The summed E-state index contributed by atoms with van der Waals surface area (Å²) in [4.78, 5) is 23.8. The summed E-state index contributed by atoms with van der Waals surface area (Å²) in [5, 5.41) is 0. The Morgan fingerprint density at radius 3 is 2.61 bits per heavy atom. The predicted molar refractivity (Wildman–Crippen MR) is 114 cm³/mol. The van der Waals surface area contributed by atoms with Crippen LogP contribution in [0, 0.1) is 0 Å².